The zero-order valence-electron chi connectivity index (χ0n) is 9.25. The SMILES string of the molecule is O=C(Nc1cc(Br)ccn1)c1c(F)cc(F)cc1F. The lowest BCUT2D eigenvalue weighted by molar-refractivity contribution is 0.101. The lowest BCUT2D eigenvalue weighted by atomic mass is 10.2. The van der Waals surface area contributed by atoms with E-state index in [0.29, 0.717) is 16.6 Å². The van der Waals surface area contributed by atoms with Crippen molar-refractivity contribution in [2.45, 2.75) is 0 Å². The van der Waals surface area contributed by atoms with Crippen molar-refractivity contribution in [1.82, 2.24) is 4.98 Å². The highest BCUT2D eigenvalue weighted by atomic mass is 79.9. The minimum Gasteiger partial charge on any atom is -0.306 e. The molecule has 1 heterocycles. The summed E-state index contributed by atoms with van der Waals surface area (Å²) >= 11 is 3.16. The maximum absolute atomic E-state index is 13.4. The highest BCUT2D eigenvalue weighted by molar-refractivity contribution is 9.10. The third kappa shape index (κ3) is 3.11. The van der Waals surface area contributed by atoms with Crippen molar-refractivity contribution in [2.75, 3.05) is 5.32 Å². The van der Waals surface area contributed by atoms with Crippen LogP contribution in [0, 0.1) is 17.5 Å². The third-order valence-electron chi connectivity index (χ3n) is 2.20. The summed E-state index contributed by atoms with van der Waals surface area (Å²) in [5, 5.41) is 2.22. The monoisotopic (exact) mass is 330 g/mol. The molecule has 1 aromatic carbocycles. The van der Waals surface area contributed by atoms with Gasteiger partial charge in [0.05, 0.1) is 0 Å². The lowest BCUT2D eigenvalue weighted by Crippen LogP contribution is -2.17. The molecule has 1 N–H and O–H groups in total. The van der Waals surface area contributed by atoms with E-state index >= 15 is 0 Å². The van der Waals surface area contributed by atoms with Gasteiger partial charge < -0.3 is 5.32 Å². The van der Waals surface area contributed by atoms with Gasteiger partial charge in [0.15, 0.2) is 0 Å². The predicted octanol–water partition coefficient (Wildman–Crippen LogP) is 3.51. The Bertz CT molecular complexity index is 626. The molecule has 19 heavy (non-hydrogen) atoms. The number of carbonyl (C=O) groups excluding carboxylic acids is 1. The van der Waals surface area contributed by atoms with Gasteiger partial charge in [-0.1, -0.05) is 15.9 Å². The van der Waals surface area contributed by atoms with Gasteiger partial charge in [-0.05, 0) is 12.1 Å². The van der Waals surface area contributed by atoms with Crippen LogP contribution in [0.3, 0.4) is 0 Å². The van der Waals surface area contributed by atoms with Crippen LogP contribution < -0.4 is 5.32 Å². The lowest BCUT2D eigenvalue weighted by Gasteiger charge is -2.06. The van der Waals surface area contributed by atoms with E-state index in [0.717, 1.165) is 0 Å². The average Bonchev–Trinajstić information content (AvgIpc) is 2.27. The van der Waals surface area contributed by atoms with E-state index in [1.165, 1.54) is 12.3 Å². The standard InChI is InChI=1S/C12H6BrF3N2O/c13-6-1-2-17-10(3-6)18-12(19)11-8(15)4-7(14)5-9(11)16/h1-5H,(H,17,18,19). The van der Waals surface area contributed by atoms with Gasteiger partial charge >= 0.3 is 0 Å². The number of hydrogen-bond donors (Lipinski definition) is 1. The molecule has 0 saturated carbocycles. The molecule has 0 spiro atoms. The fraction of sp³-hybridized carbons (Fsp3) is 0. The highest BCUT2D eigenvalue weighted by Gasteiger charge is 2.19. The van der Waals surface area contributed by atoms with E-state index in [1.807, 2.05) is 0 Å². The molecule has 0 radical (unpaired) electrons. The molecule has 0 aliphatic rings. The Morgan fingerprint density at radius 3 is 2.37 bits per heavy atom. The summed E-state index contributed by atoms with van der Waals surface area (Å²) in [4.78, 5) is 15.5. The van der Waals surface area contributed by atoms with Crippen molar-refractivity contribution in [3.8, 4) is 0 Å². The van der Waals surface area contributed by atoms with Crippen molar-refractivity contribution in [2.24, 2.45) is 0 Å². The first-order valence-corrected chi connectivity index (χ1v) is 5.84. The van der Waals surface area contributed by atoms with Crippen molar-refractivity contribution >= 4 is 27.7 Å². The minimum absolute atomic E-state index is 0.113. The topological polar surface area (TPSA) is 42.0 Å². The Hall–Kier alpha value is -1.89. The molecule has 0 fully saturated rings. The number of halogens is 4. The summed E-state index contributed by atoms with van der Waals surface area (Å²) in [5.41, 5.74) is -0.858. The molecule has 0 atom stereocenters. The van der Waals surface area contributed by atoms with Gasteiger partial charge in [0.25, 0.3) is 5.91 Å². The second-order valence-corrected chi connectivity index (χ2v) is 4.47. The molecular formula is C12H6BrF3N2O. The van der Waals surface area contributed by atoms with Gasteiger partial charge in [0.2, 0.25) is 0 Å². The maximum Gasteiger partial charge on any atom is 0.262 e. The summed E-state index contributed by atoms with van der Waals surface area (Å²) in [6, 6.07) is 3.95. The van der Waals surface area contributed by atoms with Gasteiger partial charge in [-0.3, -0.25) is 4.79 Å². The largest absolute Gasteiger partial charge is 0.306 e. The predicted molar refractivity (Wildman–Crippen MR) is 66.2 cm³/mol. The molecule has 7 heteroatoms. The number of rotatable bonds is 2. The number of hydrogen-bond acceptors (Lipinski definition) is 2. The molecule has 0 bridgehead atoms. The average molecular weight is 331 g/mol. The molecule has 1 amide bonds. The van der Waals surface area contributed by atoms with Crippen LogP contribution >= 0.6 is 15.9 Å². The molecule has 2 rings (SSSR count). The van der Waals surface area contributed by atoms with Crippen molar-refractivity contribution in [1.29, 1.82) is 0 Å². The van der Waals surface area contributed by atoms with Crippen LogP contribution in [0.4, 0.5) is 19.0 Å². The zero-order valence-corrected chi connectivity index (χ0v) is 10.8. The number of nitrogens with zero attached hydrogens (tertiary/aromatic N) is 1. The van der Waals surface area contributed by atoms with Crippen LogP contribution in [0.5, 0.6) is 0 Å². The first-order valence-electron chi connectivity index (χ1n) is 5.05. The van der Waals surface area contributed by atoms with Crippen LogP contribution in [0.15, 0.2) is 34.9 Å². The number of aromatic nitrogens is 1. The van der Waals surface area contributed by atoms with Gasteiger partial charge in [-0.25, -0.2) is 18.2 Å². The Balaban J connectivity index is 2.31. The van der Waals surface area contributed by atoms with Crippen LogP contribution in [0.2, 0.25) is 0 Å². The second kappa shape index (κ2) is 5.40. The first-order chi connectivity index (χ1) is 8.97. The Morgan fingerprint density at radius 1 is 1.16 bits per heavy atom. The van der Waals surface area contributed by atoms with Gasteiger partial charge in [-0.15, -0.1) is 0 Å². The van der Waals surface area contributed by atoms with Gasteiger partial charge in [0.1, 0.15) is 28.8 Å². The number of anilines is 1. The van der Waals surface area contributed by atoms with Crippen LogP contribution in [-0.2, 0) is 0 Å². The van der Waals surface area contributed by atoms with Gasteiger partial charge in [0, 0.05) is 22.8 Å². The Kier molecular flexibility index (Phi) is 3.84. The Labute approximate surface area is 114 Å². The smallest absolute Gasteiger partial charge is 0.262 e. The molecule has 1 aromatic heterocycles. The third-order valence-corrected chi connectivity index (χ3v) is 2.69. The number of pyridine rings is 1. The first kappa shape index (κ1) is 13.5. The molecule has 2 aromatic rings. The maximum atomic E-state index is 13.4. The summed E-state index contributed by atoms with van der Waals surface area (Å²) in [5.74, 6) is -4.56. The molecule has 0 saturated heterocycles. The number of carbonyl (C=O) groups is 1. The van der Waals surface area contributed by atoms with E-state index in [1.54, 1.807) is 6.07 Å². The van der Waals surface area contributed by atoms with Crippen molar-refractivity contribution in [3.05, 3.63) is 58.0 Å². The van der Waals surface area contributed by atoms with E-state index in [-0.39, 0.29) is 5.82 Å². The van der Waals surface area contributed by atoms with E-state index in [4.69, 9.17) is 0 Å². The van der Waals surface area contributed by atoms with E-state index < -0.39 is 28.9 Å². The summed E-state index contributed by atoms with van der Waals surface area (Å²) in [7, 11) is 0. The van der Waals surface area contributed by atoms with Crippen LogP contribution in [-0.4, -0.2) is 10.9 Å². The Morgan fingerprint density at radius 2 is 1.79 bits per heavy atom. The molecule has 98 valence electrons. The zero-order chi connectivity index (χ0) is 14.0. The van der Waals surface area contributed by atoms with E-state index in [2.05, 4.69) is 26.2 Å². The second-order valence-electron chi connectivity index (χ2n) is 3.56. The quantitative estimate of drug-likeness (QED) is 0.915. The summed E-state index contributed by atoms with van der Waals surface area (Å²) < 4.78 is 40.1. The highest BCUT2D eigenvalue weighted by Crippen LogP contribution is 2.18. The van der Waals surface area contributed by atoms with Crippen LogP contribution in [0.1, 0.15) is 10.4 Å². The molecule has 0 aliphatic carbocycles. The van der Waals surface area contributed by atoms with Crippen LogP contribution in [0.25, 0.3) is 0 Å². The summed E-state index contributed by atoms with van der Waals surface area (Å²) in [6.45, 7) is 0. The minimum atomic E-state index is -1.27. The molecular weight excluding hydrogens is 325 g/mol. The normalized spacial score (nSPS) is 10.3. The fourth-order valence-electron chi connectivity index (χ4n) is 1.41. The van der Waals surface area contributed by atoms with Crippen molar-refractivity contribution in [3.63, 3.8) is 0 Å². The molecule has 0 unspecified atom stereocenters. The summed E-state index contributed by atoms with van der Waals surface area (Å²) in [6.07, 6.45) is 1.40. The fourth-order valence-corrected chi connectivity index (χ4v) is 1.75. The number of benzene rings is 1. The molecule has 0 aliphatic heterocycles. The number of amides is 1. The number of nitrogens with one attached hydrogen (secondary N) is 1. The van der Waals surface area contributed by atoms with Gasteiger partial charge in [-0.2, -0.15) is 0 Å². The van der Waals surface area contributed by atoms with E-state index in [9.17, 15) is 18.0 Å². The van der Waals surface area contributed by atoms with Crippen molar-refractivity contribution < 1.29 is 18.0 Å². The molecule has 3 nitrogen and oxygen atoms in total.